The van der Waals surface area contributed by atoms with E-state index in [4.69, 9.17) is 0 Å². The van der Waals surface area contributed by atoms with Crippen LogP contribution in [0.4, 0.5) is 10.9 Å². The van der Waals surface area contributed by atoms with E-state index in [1.807, 2.05) is 27.0 Å². The summed E-state index contributed by atoms with van der Waals surface area (Å²) in [6, 6.07) is 1.69. The lowest BCUT2D eigenvalue weighted by Gasteiger charge is -2.16. The van der Waals surface area contributed by atoms with Crippen LogP contribution in [0.2, 0.25) is 0 Å². The molecule has 1 saturated heterocycles. The van der Waals surface area contributed by atoms with E-state index in [0.717, 1.165) is 23.8 Å². The van der Waals surface area contributed by atoms with Gasteiger partial charge < -0.3 is 5.32 Å². The zero-order chi connectivity index (χ0) is 14.3. The van der Waals surface area contributed by atoms with Crippen LogP contribution in [0.5, 0.6) is 0 Å². The molecule has 106 valence electrons. The number of amides is 1. The summed E-state index contributed by atoms with van der Waals surface area (Å²) in [5.41, 5.74) is 0.909. The number of nitrogens with zero attached hydrogens (tertiary/aromatic N) is 5. The van der Waals surface area contributed by atoms with E-state index in [2.05, 4.69) is 19.8 Å². The van der Waals surface area contributed by atoms with Crippen LogP contribution in [0.25, 0.3) is 0 Å². The quantitative estimate of drug-likeness (QED) is 0.917. The van der Waals surface area contributed by atoms with Crippen LogP contribution in [0.15, 0.2) is 6.07 Å². The number of anilines is 2. The van der Waals surface area contributed by atoms with Crippen molar-refractivity contribution < 1.29 is 4.79 Å². The second-order valence-electron chi connectivity index (χ2n) is 4.89. The summed E-state index contributed by atoms with van der Waals surface area (Å²) < 4.78 is 5.85. The first-order chi connectivity index (χ1) is 9.54. The Kier molecular flexibility index (Phi) is 3.17. The van der Waals surface area contributed by atoms with E-state index in [9.17, 15) is 4.79 Å². The van der Waals surface area contributed by atoms with Crippen molar-refractivity contribution in [2.45, 2.75) is 26.3 Å². The summed E-state index contributed by atoms with van der Waals surface area (Å²) in [6.07, 6.45) is 0.752. The van der Waals surface area contributed by atoms with Gasteiger partial charge in [0, 0.05) is 31.2 Å². The topological polar surface area (TPSA) is 75.9 Å². The van der Waals surface area contributed by atoms with Crippen LogP contribution in [0.3, 0.4) is 0 Å². The highest BCUT2D eigenvalue weighted by Gasteiger charge is 2.34. The number of aromatic nitrogens is 4. The molecule has 8 heteroatoms. The number of rotatable bonds is 3. The van der Waals surface area contributed by atoms with Gasteiger partial charge in [0.2, 0.25) is 5.13 Å². The maximum Gasteiger partial charge on any atom is 0.250 e. The van der Waals surface area contributed by atoms with Crippen molar-refractivity contribution in [3.05, 3.63) is 17.6 Å². The Labute approximate surface area is 120 Å². The molecule has 1 N–H and O–H groups in total. The molecule has 1 unspecified atom stereocenters. The summed E-state index contributed by atoms with van der Waals surface area (Å²) in [5, 5.41) is 8.14. The lowest BCUT2D eigenvalue weighted by Crippen LogP contribution is -2.34. The van der Waals surface area contributed by atoms with Crippen LogP contribution in [-0.4, -0.2) is 37.6 Å². The third-order valence-corrected chi connectivity index (χ3v) is 4.02. The van der Waals surface area contributed by atoms with Gasteiger partial charge in [-0.1, -0.05) is 0 Å². The molecule has 0 saturated carbocycles. The maximum absolute atomic E-state index is 12.5. The number of carbonyl (C=O) groups excluding carboxylic acids is 1. The zero-order valence-corrected chi connectivity index (χ0v) is 12.4. The number of hydrogen-bond acceptors (Lipinski definition) is 6. The Morgan fingerprint density at radius 2 is 2.25 bits per heavy atom. The highest BCUT2D eigenvalue weighted by molar-refractivity contribution is 7.09. The zero-order valence-electron chi connectivity index (χ0n) is 11.6. The SMILES string of the molecule is Cc1cc(N2CCC(Nc3nc(C)ns3)C2=O)n(C)n1. The molecule has 7 nitrogen and oxygen atoms in total. The van der Waals surface area contributed by atoms with E-state index in [1.165, 1.54) is 11.5 Å². The van der Waals surface area contributed by atoms with Crippen molar-refractivity contribution in [1.82, 2.24) is 19.1 Å². The molecule has 20 heavy (non-hydrogen) atoms. The van der Waals surface area contributed by atoms with Gasteiger partial charge in [0.05, 0.1) is 5.69 Å². The van der Waals surface area contributed by atoms with Crippen molar-refractivity contribution in [3.63, 3.8) is 0 Å². The van der Waals surface area contributed by atoms with Gasteiger partial charge in [0.1, 0.15) is 17.7 Å². The van der Waals surface area contributed by atoms with E-state index in [-0.39, 0.29) is 11.9 Å². The Morgan fingerprint density at radius 3 is 2.85 bits per heavy atom. The summed E-state index contributed by atoms with van der Waals surface area (Å²) in [7, 11) is 1.85. The molecule has 1 fully saturated rings. The standard InChI is InChI=1S/C12H16N6OS/c1-7-6-10(17(3)15-7)18-5-4-9(11(18)19)14-12-13-8(2)16-20-12/h6,9H,4-5H2,1-3H3,(H,13,14,16). The number of nitrogens with one attached hydrogen (secondary N) is 1. The molecular weight excluding hydrogens is 276 g/mol. The van der Waals surface area contributed by atoms with Crippen LogP contribution in [0.1, 0.15) is 17.9 Å². The van der Waals surface area contributed by atoms with Gasteiger partial charge in [-0.05, 0) is 20.3 Å². The van der Waals surface area contributed by atoms with Gasteiger partial charge in [0.15, 0.2) is 0 Å². The minimum atomic E-state index is -0.238. The Bertz CT molecular complexity index is 648. The first-order valence-electron chi connectivity index (χ1n) is 6.43. The Hall–Kier alpha value is -1.96. The molecule has 0 aliphatic carbocycles. The van der Waals surface area contributed by atoms with E-state index in [1.54, 1.807) is 9.58 Å². The van der Waals surface area contributed by atoms with Crippen molar-refractivity contribution in [2.75, 3.05) is 16.8 Å². The number of hydrogen-bond donors (Lipinski definition) is 1. The summed E-state index contributed by atoms with van der Waals surface area (Å²) in [5.74, 6) is 1.62. The molecule has 0 spiro atoms. The van der Waals surface area contributed by atoms with Gasteiger partial charge >= 0.3 is 0 Å². The average Bonchev–Trinajstić information content (AvgIpc) is 3.03. The molecule has 1 aliphatic heterocycles. The molecule has 1 aliphatic rings. The fourth-order valence-electron chi connectivity index (χ4n) is 2.40. The van der Waals surface area contributed by atoms with E-state index >= 15 is 0 Å². The Balaban J connectivity index is 1.75. The minimum Gasteiger partial charge on any atom is -0.348 e. The summed E-state index contributed by atoms with van der Waals surface area (Å²) in [4.78, 5) is 18.5. The Morgan fingerprint density at radius 1 is 1.45 bits per heavy atom. The third-order valence-electron chi connectivity index (χ3n) is 3.28. The fraction of sp³-hybridized carbons (Fsp3) is 0.500. The number of carbonyl (C=O) groups is 1. The van der Waals surface area contributed by atoms with Crippen molar-refractivity contribution in [3.8, 4) is 0 Å². The van der Waals surface area contributed by atoms with Crippen LogP contribution in [0, 0.1) is 13.8 Å². The minimum absolute atomic E-state index is 0.0563. The maximum atomic E-state index is 12.5. The fourth-order valence-corrected chi connectivity index (χ4v) is 3.02. The van der Waals surface area contributed by atoms with Gasteiger partial charge in [0.25, 0.3) is 5.91 Å². The molecule has 0 aromatic carbocycles. The number of aryl methyl sites for hydroxylation is 3. The molecule has 0 radical (unpaired) electrons. The highest BCUT2D eigenvalue weighted by Crippen LogP contribution is 2.24. The van der Waals surface area contributed by atoms with Crippen molar-refractivity contribution in [2.24, 2.45) is 7.05 Å². The van der Waals surface area contributed by atoms with Gasteiger partial charge in [-0.25, -0.2) is 4.98 Å². The lowest BCUT2D eigenvalue weighted by molar-refractivity contribution is -0.117. The van der Waals surface area contributed by atoms with Crippen LogP contribution < -0.4 is 10.2 Å². The first kappa shape index (κ1) is 13.0. The van der Waals surface area contributed by atoms with Gasteiger partial charge in [-0.15, -0.1) is 0 Å². The molecule has 3 heterocycles. The molecule has 2 aromatic heterocycles. The second kappa shape index (κ2) is 4.86. The monoisotopic (exact) mass is 292 g/mol. The summed E-state index contributed by atoms with van der Waals surface area (Å²) >= 11 is 1.28. The molecule has 3 rings (SSSR count). The van der Waals surface area contributed by atoms with Crippen molar-refractivity contribution >= 4 is 28.4 Å². The van der Waals surface area contributed by atoms with Gasteiger partial charge in [-0.2, -0.15) is 9.47 Å². The molecular formula is C12H16N6OS. The molecule has 2 aromatic rings. The van der Waals surface area contributed by atoms with Crippen molar-refractivity contribution in [1.29, 1.82) is 0 Å². The predicted molar refractivity (Wildman–Crippen MR) is 77.0 cm³/mol. The second-order valence-corrected chi connectivity index (χ2v) is 5.64. The average molecular weight is 292 g/mol. The summed E-state index contributed by atoms with van der Waals surface area (Å²) in [6.45, 7) is 4.44. The molecule has 1 atom stereocenters. The largest absolute Gasteiger partial charge is 0.348 e. The van der Waals surface area contributed by atoms with Crippen LogP contribution in [-0.2, 0) is 11.8 Å². The third kappa shape index (κ3) is 2.26. The lowest BCUT2D eigenvalue weighted by atomic mass is 10.2. The highest BCUT2D eigenvalue weighted by atomic mass is 32.1. The normalized spacial score (nSPS) is 18.9. The molecule has 0 bridgehead atoms. The predicted octanol–water partition coefficient (Wildman–Crippen LogP) is 1.11. The smallest absolute Gasteiger partial charge is 0.250 e. The van der Waals surface area contributed by atoms with Crippen LogP contribution >= 0.6 is 11.5 Å². The van der Waals surface area contributed by atoms with Gasteiger partial charge in [-0.3, -0.25) is 14.4 Å². The van der Waals surface area contributed by atoms with E-state index in [0.29, 0.717) is 11.7 Å². The first-order valence-corrected chi connectivity index (χ1v) is 7.21. The molecule has 1 amide bonds. The van der Waals surface area contributed by atoms with E-state index < -0.39 is 0 Å².